The maximum Gasteiger partial charge on any atom is 0.211 e. The van der Waals surface area contributed by atoms with Gasteiger partial charge in [0.1, 0.15) is 0 Å². The second kappa shape index (κ2) is 7.59. The van der Waals surface area contributed by atoms with Gasteiger partial charge in [-0.2, -0.15) is 5.10 Å². The van der Waals surface area contributed by atoms with Crippen LogP contribution in [0.25, 0.3) is 0 Å². The zero-order valence-electron chi connectivity index (χ0n) is 11.8. The van der Waals surface area contributed by atoms with E-state index in [2.05, 4.69) is 10.2 Å². The van der Waals surface area contributed by atoms with Crippen LogP contribution in [0.5, 0.6) is 11.5 Å². The fourth-order valence-electron chi connectivity index (χ4n) is 1.42. The van der Waals surface area contributed by atoms with Crippen LogP contribution in [0, 0.1) is 0 Å². The molecule has 7 heteroatoms. The molecule has 110 valence electrons. The molecule has 1 rings (SSSR count). The minimum atomic E-state index is -0.123. The van der Waals surface area contributed by atoms with Crippen molar-refractivity contribution in [2.24, 2.45) is 21.7 Å². The van der Waals surface area contributed by atoms with E-state index in [9.17, 15) is 0 Å². The van der Waals surface area contributed by atoms with Gasteiger partial charge in [0.05, 0.1) is 23.9 Å². The van der Waals surface area contributed by atoms with Crippen LogP contribution in [-0.4, -0.2) is 24.9 Å². The lowest BCUT2D eigenvalue weighted by molar-refractivity contribution is 0.224. The standard InChI is InChI=1S/C13H19ClN4O2/c1-4-19-11-5-9(7-17-18-13(15)16)10(14)6-12(11)20-8(2)3/h5-8H,4H2,1-3H3,(H4,15,16,18). The third-order valence-electron chi connectivity index (χ3n) is 2.10. The summed E-state index contributed by atoms with van der Waals surface area (Å²) >= 11 is 6.16. The first kappa shape index (κ1) is 16.1. The molecule has 0 spiro atoms. The average molecular weight is 299 g/mol. The van der Waals surface area contributed by atoms with Crippen molar-refractivity contribution in [2.75, 3.05) is 6.61 Å². The predicted octanol–water partition coefficient (Wildman–Crippen LogP) is 2.13. The summed E-state index contributed by atoms with van der Waals surface area (Å²) < 4.78 is 11.2. The number of nitrogens with zero attached hydrogens (tertiary/aromatic N) is 2. The second-order valence-corrected chi connectivity index (χ2v) is 4.60. The molecule has 0 aliphatic carbocycles. The lowest BCUT2D eigenvalue weighted by Crippen LogP contribution is -2.21. The highest BCUT2D eigenvalue weighted by Crippen LogP contribution is 2.33. The first-order chi connectivity index (χ1) is 9.43. The normalized spacial score (nSPS) is 10.8. The monoisotopic (exact) mass is 298 g/mol. The van der Waals surface area contributed by atoms with E-state index < -0.39 is 0 Å². The van der Waals surface area contributed by atoms with E-state index >= 15 is 0 Å². The Bertz CT molecular complexity index is 511. The van der Waals surface area contributed by atoms with Crippen LogP contribution in [0.15, 0.2) is 22.3 Å². The van der Waals surface area contributed by atoms with Crippen molar-refractivity contribution in [3.05, 3.63) is 22.7 Å². The number of nitrogens with two attached hydrogens (primary N) is 2. The first-order valence-electron chi connectivity index (χ1n) is 6.19. The fourth-order valence-corrected chi connectivity index (χ4v) is 1.62. The lowest BCUT2D eigenvalue weighted by Gasteiger charge is -2.15. The number of halogens is 1. The van der Waals surface area contributed by atoms with Gasteiger partial charge < -0.3 is 20.9 Å². The Labute approximate surface area is 123 Å². The molecule has 0 aliphatic rings. The van der Waals surface area contributed by atoms with E-state index in [1.807, 2.05) is 20.8 Å². The smallest absolute Gasteiger partial charge is 0.211 e. The molecule has 0 amide bonds. The summed E-state index contributed by atoms with van der Waals surface area (Å²) in [6.45, 7) is 6.26. The molecule has 0 aromatic heterocycles. The Balaban J connectivity index is 3.11. The minimum Gasteiger partial charge on any atom is -0.490 e. The Morgan fingerprint density at radius 1 is 1.35 bits per heavy atom. The summed E-state index contributed by atoms with van der Waals surface area (Å²) in [5, 5.41) is 7.72. The van der Waals surface area contributed by atoms with Crippen molar-refractivity contribution >= 4 is 23.8 Å². The van der Waals surface area contributed by atoms with E-state index in [1.54, 1.807) is 12.1 Å². The van der Waals surface area contributed by atoms with Crippen molar-refractivity contribution in [3.63, 3.8) is 0 Å². The third kappa shape index (κ3) is 4.97. The van der Waals surface area contributed by atoms with Crippen molar-refractivity contribution < 1.29 is 9.47 Å². The fraction of sp³-hybridized carbons (Fsp3) is 0.385. The highest BCUT2D eigenvalue weighted by molar-refractivity contribution is 6.33. The molecule has 1 aromatic rings. The van der Waals surface area contributed by atoms with Crippen LogP contribution in [0.1, 0.15) is 26.3 Å². The number of rotatable bonds is 6. The molecule has 0 fully saturated rings. The maximum atomic E-state index is 6.16. The van der Waals surface area contributed by atoms with Gasteiger partial charge in [-0.05, 0) is 26.8 Å². The van der Waals surface area contributed by atoms with Gasteiger partial charge in [0, 0.05) is 11.6 Å². The molecule has 0 heterocycles. The van der Waals surface area contributed by atoms with E-state index in [0.717, 1.165) is 0 Å². The van der Waals surface area contributed by atoms with Crippen LogP contribution >= 0.6 is 11.6 Å². The molecular weight excluding hydrogens is 280 g/mol. The summed E-state index contributed by atoms with van der Waals surface area (Å²) in [6, 6.07) is 3.42. The third-order valence-corrected chi connectivity index (χ3v) is 2.42. The van der Waals surface area contributed by atoms with Crippen molar-refractivity contribution in [1.29, 1.82) is 0 Å². The Kier molecular flexibility index (Phi) is 6.11. The Hall–Kier alpha value is -1.95. The highest BCUT2D eigenvalue weighted by atomic mass is 35.5. The first-order valence-corrected chi connectivity index (χ1v) is 6.56. The van der Waals surface area contributed by atoms with E-state index in [-0.39, 0.29) is 12.1 Å². The largest absolute Gasteiger partial charge is 0.490 e. The maximum absolute atomic E-state index is 6.16. The quantitative estimate of drug-likeness (QED) is 0.478. The van der Waals surface area contributed by atoms with Gasteiger partial charge in [-0.1, -0.05) is 11.6 Å². The molecule has 0 saturated heterocycles. The summed E-state index contributed by atoms with van der Waals surface area (Å²) in [5.41, 5.74) is 11.0. The van der Waals surface area contributed by atoms with Crippen LogP contribution in [0.3, 0.4) is 0 Å². The summed E-state index contributed by atoms with van der Waals surface area (Å²) in [5.74, 6) is 1.06. The molecule has 0 radical (unpaired) electrons. The molecule has 1 aromatic carbocycles. The molecule has 0 aliphatic heterocycles. The second-order valence-electron chi connectivity index (χ2n) is 4.19. The zero-order valence-corrected chi connectivity index (χ0v) is 12.5. The van der Waals surface area contributed by atoms with Crippen molar-refractivity contribution in [3.8, 4) is 11.5 Å². The number of hydrogen-bond donors (Lipinski definition) is 2. The van der Waals surface area contributed by atoms with Gasteiger partial charge >= 0.3 is 0 Å². The van der Waals surface area contributed by atoms with Gasteiger partial charge in [-0.3, -0.25) is 0 Å². The van der Waals surface area contributed by atoms with E-state index in [1.165, 1.54) is 6.21 Å². The SMILES string of the molecule is CCOc1cc(C=NN=C(N)N)c(Cl)cc1OC(C)C. The number of benzene rings is 1. The molecule has 0 bridgehead atoms. The van der Waals surface area contributed by atoms with Gasteiger partial charge in [0.25, 0.3) is 0 Å². The van der Waals surface area contributed by atoms with Crippen LogP contribution in [0.2, 0.25) is 5.02 Å². The van der Waals surface area contributed by atoms with Gasteiger partial charge in [-0.15, -0.1) is 5.10 Å². The van der Waals surface area contributed by atoms with Crippen LogP contribution in [-0.2, 0) is 0 Å². The number of ether oxygens (including phenoxy) is 2. The van der Waals surface area contributed by atoms with Gasteiger partial charge in [0.15, 0.2) is 11.5 Å². The highest BCUT2D eigenvalue weighted by Gasteiger charge is 2.11. The summed E-state index contributed by atoms with van der Waals surface area (Å²) in [4.78, 5) is 0. The van der Waals surface area contributed by atoms with Crippen molar-refractivity contribution in [2.45, 2.75) is 26.9 Å². The molecule has 0 atom stereocenters. The number of guanidine groups is 1. The molecule has 4 N–H and O–H groups in total. The summed E-state index contributed by atoms with van der Waals surface area (Å²) in [6.07, 6.45) is 1.47. The molecule has 0 unspecified atom stereocenters. The minimum absolute atomic E-state index is 0.0198. The van der Waals surface area contributed by atoms with Gasteiger partial charge in [0.2, 0.25) is 5.96 Å². The van der Waals surface area contributed by atoms with Crippen LogP contribution < -0.4 is 20.9 Å². The predicted molar refractivity (Wildman–Crippen MR) is 81.8 cm³/mol. The zero-order chi connectivity index (χ0) is 15.1. The molecule has 6 nitrogen and oxygen atoms in total. The molecule has 0 saturated carbocycles. The Morgan fingerprint density at radius 3 is 2.60 bits per heavy atom. The van der Waals surface area contributed by atoms with Gasteiger partial charge in [-0.25, -0.2) is 0 Å². The number of hydrogen-bond acceptors (Lipinski definition) is 4. The topological polar surface area (TPSA) is 95.2 Å². The average Bonchev–Trinajstić information content (AvgIpc) is 2.33. The van der Waals surface area contributed by atoms with E-state index in [0.29, 0.717) is 28.7 Å². The Morgan fingerprint density at radius 2 is 2.05 bits per heavy atom. The lowest BCUT2D eigenvalue weighted by atomic mass is 10.2. The van der Waals surface area contributed by atoms with Crippen LogP contribution in [0.4, 0.5) is 0 Å². The summed E-state index contributed by atoms with van der Waals surface area (Å²) in [7, 11) is 0. The van der Waals surface area contributed by atoms with Crippen molar-refractivity contribution in [1.82, 2.24) is 0 Å². The van der Waals surface area contributed by atoms with E-state index in [4.69, 9.17) is 32.5 Å². The molecule has 20 heavy (non-hydrogen) atoms. The molecular formula is C13H19ClN4O2.